The van der Waals surface area contributed by atoms with Crippen molar-refractivity contribution >= 4 is 17.4 Å². The summed E-state index contributed by atoms with van der Waals surface area (Å²) in [5, 5.41) is 4.45. The van der Waals surface area contributed by atoms with E-state index in [1.165, 1.54) is 23.1 Å². The van der Waals surface area contributed by atoms with Crippen molar-refractivity contribution in [2.45, 2.75) is 13.3 Å². The van der Waals surface area contributed by atoms with Crippen molar-refractivity contribution < 1.29 is 0 Å². The summed E-state index contributed by atoms with van der Waals surface area (Å²) in [6.45, 7) is 2.19. The third kappa shape index (κ3) is 0.724. The SMILES string of the molecule is CC1=Cc2cscc2C1. The average molecular weight is 136 g/mol. The third-order valence-electron chi connectivity index (χ3n) is 1.65. The molecule has 0 bridgehead atoms. The first-order valence-electron chi connectivity index (χ1n) is 3.08. The molecule has 0 aromatic carbocycles. The van der Waals surface area contributed by atoms with E-state index in [2.05, 4.69) is 23.8 Å². The van der Waals surface area contributed by atoms with E-state index in [1.807, 2.05) is 0 Å². The Bertz CT molecular complexity index is 255. The van der Waals surface area contributed by atoms with Gasteiger partial charge in [0.15, 0.2) is 0 Å². The van der Waals surface area contributed by atoms with Crippen molar-refractivity contribution in [3.8, 4) is 0 Å². The maximum atomic E-state index is 2.27. The molecule has 0 spiro atoms. The largest absolute Gasteiger partial charge is 0.151 e. The maximum absolute atomic E-state index is 2.27. The molecule has 0 saturated carbocycles. The molecule has 1 aromatic rings. The van der Waals surface area contributed by atoms with E-state index in [4.69, 9.17) is 0 Å². The van der Waals surface area contributed by atoms with Gasteiger partial charge in [0.05, 0.1) is 0 Å². The van der Waals surface area contributed by atoms with Crippen LogP contribution in [0.25, 0.3) is 6.08 Å². The second kappa shape index (κ2) is 1.71. The maximum Gasteiger partial charge on any atom is -0.00178 e. The first-order valence-corrected chi connectivity index (χ1v) is 4.03. The average Bonchev–Trinajstić information content (AvgIpc) is 2.22. The Morgan fingerprint density at radius 3 is 3.11 bits per heavy atom. The molecule has 0 aliphatic heterocycles. The van der Waals surface area contributed by atoms with E-state index in [0.717, 1.165) is 0 Å². The van der Waals surface area contributed by atoms with Gasteiger partial charge in [-0.15, -0.1) is 0 Å². The van der Waals surface area contributed by atoms with E-state index in [-0.39, 0.29) is 0 Å². The van der Waals surface area contributed by atoms with Crippen LogP contribution >= 0.6 is 11.3 Å². The van der Waals surface area contributed by atoms with Crippen LogP contribution in [0.4, 0.5) is 0 Å². The molecule has 9 heavy (non-hydrogen) atoms. The molecule has 0 saturated heterocycles. The molecule has 1 aliphatic carbocycles. The lowest BCUT2D eigenvalue weighted by Gasteiger charge is -1.85. The Balaban J connectivity index is 2.55. The van der Waals surface area contributed by atoms with Crippen molar-refractivity contribution in [1.29, 1.82) is 0 Å². The molecule has 2 rings (SSSR count). The van der Waals surface area contributed by atoms with Gasteiger partial charge in [-0.2, -0.15) is 11.3 Å². The molecule has 1 aliphatic rings. The number of allylic oxidation sites excluding steroid dienone is 1. The van der Waals surface area contributed by atoms with E-state index >= 15 is 0 Å². The van der Waals surface area contributed by atoms with Crippen molar-refractivity contribution in [3.63, 3.8) is 0 Å². The summed E-state index contributed by atoms with van der Waals surface area (Å²) in [7, 11) is 0. The van der Waals surface area contributed by atoms with Gasteiger partial charge in [-0.05, 0) is 35.2 Å². The van der Waals surface area contributed by atoms with Crippen LogP contribution in [0.1, 0.15) is 18.1 Å². The van der Waals surface area contributed by atoms with Gasteiger partial charge in [0.1, 0.15) is 0 Å². The standard InChI is InChI=1S/C8H8S/c1-6-2-7-4-9-5-8(7)3-6/h2,4-5H,3H2,1H3. The summed E-state index contributed by atoms with van der Waals surface area (Å²) in [6, 6.07) is 0. The lowest BCUT2D eigenvalue weighted by molar-refractivity contribution is 1.21. The molecule has 0 radical (unpaired) electrons. The van der Waals surface area contributed by atoms with E-state index in [9.17, 15) is 0 Å². The van der Waals surface area contributed by atoms with Crippen LogP contribution in [0.2, 0.25) is 0 Å². The van der Waals surface area contributed by atoms with Gasteiger partial charge in [0, 0.05) is 0 Å². The number of hydrogen-bond donors (Lipinski definition) is 0. The molecule has 1 heteroatoms. The molecule has 0 amide bonds. The third-order valence-corrected chi connectivity index (χ3v) is 2.46. The molecule has 0 atom stereocenters. The minimum atomic E-state index is 1.18. The quantitative estimate of drug-likeness (QED) is 0.514. The van der Waals surface area contributed by atoms with Gasteiger partial charge >= 0.3 is 0 Å². The molecule has 46 valence electrons. The zero-order chi connectivity index (χ0) is 6.27. The second-order valence-electron chi connectivity index (χ2n) is 2.52. The predicted molar refractivity (Wildman–Crippen MR) is 41.7 cm³/mol. The summed E-state index contributed by atoms with van der Waals surface area (Å²) in [6.07, 6.45) is 3.45. The van der Waals surface area contributed by atoms with Gasteiger partial charge in [-0.3, -0.25) is 0 Å². The normalized spacial score (nSPS) is 15.4. The summed E-state index contributed by atoms with van der Waals surface area (Å²) in [4.78, 5) is 0. The zero-order valence-electron chi connectivity index (χ0n) is 5.35. The molecule has 0 nitrogen and oxygen atoms in total. The first-order chi connectivity index (χ1) is 4.36. The number of thiophene rings is 1. The molecular weight excluding hydrogens is 128 g/mol. The van der Waals surface area contributed by atoms with Gasteiger partial charge in [-0.1, -0.05) is 11.6 Å². The highest BCUT2D eigenvalue weighted by Gasteiger charge is 2.08. The van der Waals surface area contributed by atoms with Gasteiger partial charge in [0.25, 0.3) is 0 Å². The van der Waals surface area contributed by atoms with Gasteiger partial charge in [0.2, 0.25) is 0 Å². The fraction of sp³-hybridized carbons (Fsp3) is 0.250. The Labute approximate surface area is 58.8 Å². The molecule has 1 aromatic heterocycles. The minimum Gasteiger partial charge on any atom is -0.151 e. The van der Waals surface area contributed by atoms with Crippen molar-refractivity contribution in [1.82, 2.24) is 0 Å². The van der Waals surface area contributed by atoms with Crippen molar-refractivity contribution in [2.24, 2.45) is 0 Å². The minimum absolute atomic E-state index is 1.18. The van der Waals surface area contributed by atoms with Crippen LogP contribution in [0.15, 0.2) is 16.3 Å². The zero-order valence-corrected chi connectivity index (χ0v) is 6.16. The van der Waals surface area contributed by atoms with Crippen LogP contribution < -0.4 is 0 Å². The highest BCUT2D eigenvalue weighted by molar-refractivity contribution is 7.08. The lowest BCUT2D eigenvalue weighted by atomic mass is 10.2. The van der Waals surface area contributed by atoms with Crippen LogP contribution in [0, 0.1) is 0 Å². The number of hydrogen-bond acceptors (Lipinski definition) is 1. The molecule has 0 unspecified atom stereocenters. The van der Waals surface area contributed by atoms with Crippen LogP contribution in [-0.4, -0.2) is 0 Å². The molecular formula is C8H8S. The van der Waals surface area contributed by atoms with E-state index in [0.29, 0.717) is 0 Å². The topological polar surface area (TPSA) is 0 Å². The van der Waals surface area contributed by atoms with Gasteiger partial charge in [-0.25, -0.2) is 0 Å². The summed E-state index contributed by atoms with van der Waals surface area (Å²) in [5.74, 6) is 0. The molecule has 0 N–H and O–H groups in total. The van der Waals surface area contributed by atoms with Crippen molar-refractivity contribution in [2.75, 3.05) is 0 Å². The van der Waals surface area contributed by atoms with Crippen molar-refractivity contribution in [3.05, 3.63) is 27.5 Å². The first kappa shape index (κ1) is 5.24. The highest BCUT2D eigenvalue weighted by atomic mass is 32.1. The second-order valence-corrected chi connectivity index (χ2v) is 3.26. The number of fused-ring (bicyclic) bond motifs is 1. The van der Waals surface area contributed by atoms with Crippen LogP contribution in [0.3, 0.4) is 0 Å². The predicted octanol–water partition coefficient (Wildman–Crippen LogP) is 2.71. The molecule has 0 fully saturated rings. The van der Waals surface area contributed by atoms with Crippen LogP contribution in [0.5, 0.6) is 0 Å². The fourth-order valence-corrected chi connectivity index (χ4v) is 2.04. The summed E-state index contributed by atoms with van der Waals surface area (Å²) >= 11 is 1.80. The summed E-state index contributed by atoms with van der Waals surface area (Å²) < 4.78 is 0. The Kier molecular flexibility index (Phi) is 0.995. The Morgan fingerprint density at radius 1 is 1.44 bits per heavy atom. The Morgan fingerprint density at radius 2 is 2.33 bits per heavy atom. The monoisotopic (exact) mass is 136 g/mol. The lowest BCUT2D eigenvalue weighted by Crippen LogP contribution is -1.73. The highest BCUT2D eigenvalue weighted by Crippen LogP contribution is 2.27. The Hall–Kier alpha value is -0.560. The van der Waals surface area contributed by atoms with E-state index in [1.54, 1.807) is 11.3 Å². The fourth-order valence-electron chi connectivity index (χ4n) is 1.22. The van der Waals surface area contributed by atoms with Crippen LogP contribution in [-0.2, 0) is 6.42 Å². The molecule has 1 heterocycles. The number of rotatable bonds is 0. The smallest absolute Gasteiger partial charge is 0.00178 e. The van der Waals surface area contributed by atoms with Gasteiger partial charge < -0.3 is 0 Å². The summed E-state index contributed by atoms with van der Waals surface area (Å²) in [5.41, 5.74) is 4.45. The van der Waals surface area contributed by atoms with E-state index < -0.39 is 0 Å².